The molecule has 0 amide bonds. The first-order valence-corrected chi connectivity index (χ1v) is 4.90. The van der Waals surface area contributed by atoms with E-state index in [1.807, 2.05) is 38.0 Å². The fraction of sp³-hybridized carbons (Fsp3) is 0.800. The average Bonchev–Trinajstić information content (AvgIpc) is 2.13. The van der Waals surface area contributed by atoms with Crippen LogP contribution in [0.2, 0.25) is 0 Å². The van der Waals surface area contributed by atoms with Gasteiger partial charge >= 0.3 is 0 Å². The molecule has 0 atom stereocenters. The van der Waals surface area contributed by atoms with Gasteiger partial charge in [0.2, 0.25) is 0 Å². The van der Waals surface area contributed by atoms with Crippen molar-refractivity contribution in [1.82, 2.24) is 9.80 Å². The number of oxime groups is 1. The van der Waals surface area contributed by atoms with Crippen LogP contribution in [0.15, 0.2) is 5.16 Å². The maximum atomic E-state index is 11.8. The van der Waals surface area contributed by atoms with E-state index in [1.54, 1.807) is 0 Å². The molecule has 0 aromatic carbocycles. The predicted octanol–water partition coefficient (Wildman–Crippen LogP) is 0.145. The maximum Gasteiger partial charge on any atom is 0.185 e. The van der Waals surface area contributed by atoms with Gasteiger partial charge in [-0.25, -0.2) is 0 Å². The van der Waals surface area contributed by atoms with E-state index in [1.165, 1.54) is 6.92 Å². The number of rotatable bonds is 6. The molecule has 0 spiro atoms. The lowest BCUT2D eigenvalue weighted by Crippen LogP contribution is -2.38. The molecule has 15 heavy (non-hydrogen) atoms. The van der Waals surface area contributed by atoms with Gasteiger partial charge in [0.25, 0.3) is 0 Å². The third kappa shape index (κ3) is 5.49. The summed E-state index contributed by atoms with van der Waals surface area (Å²) in [6, 6.07) is 0. The lowest BCUT2D eigenvalue weighted by atomic mass is 10.00. The number of nitrogens with zero attached hydrogens (tertiary/aromatic N) is 3. The minimum atomic E-state index is -0.147. The number of carbonyl (C=O) groups is 1. The van der Waals surface area contributed by atoms with Crippen LogP contribution in [0, 0.1) is 5.92 Å². The molecule has 0 saturated heterocycles. The average molecular weight is 215 g/mol. The molecule has 0 bridgehead atoms. The van der Waals surface area contributed by atoms with E-state index >= 15 is 0 Å². The van der Waals surface area contributed by atoms with Crippen molar-refractivity contribution in [2.75, 3.05) is 41.3 Å². The third-order valence-corrected chi connectivity index (χ3v) is 2.05. The summed E-state index contributed by atoms with van der Waals surface area (Å²) in [6.07, 6.45) is 0. The Morgan fingerprint density at radius 2 is 1.60 bits per heavy atom. The van der Waals surface area contributed by atoms with Gasteiger partial charge in [0, 0.05) is 19.0 Å². The molecule has 0 fully saturated rings. The molecule has 88 valence electrons. The Balaban J connectivity index is 4.55. The highest BCUT2D eigenvalue weighted by Crippen LogP contribution is 2.03. The van der Waals surface area contributed by atoms with Crippen molar-refractivity contribution in [3.63, 3.8) is 0 Å². The second-order valence-corrected chi connectivity index (χ2v) is 4.27. The first-order valence-electron chi connectivity index (χ1n) is 4.90. The molecule has 0 heterocycles. The molecular weight excluding hydrogens is 194 g/mol. The fourth-order valence-corrected chi connectivity index (χ4v) is 1.45. The minimum Gasteiger partial charge on any atom is -0.411 e. The van der Waals surface area contributed by atoms with Crippen molar-refractivity contribution in [2.24, 2.45) is 11.1 Å². The van der Waals surface area contributed by atoms with Gasteiger partial charge in [-0.2, -0.15) is 0 Å². The molecule has 5 nitrogen and oxygen atoms in total. The largest absolute Gasteiger partial charge is 0.411 e. The zero-order valence-electron chi connectivity index (χ0n) is 10.2. The monoisotopic (exact) mass is 215 g/mol. The second-order valence-electron chi connectivity index (χ2n) is 4.27. The molecule has 5 heteroatoms. The van der Waals surface area contributed by atoms with E-state index in [4.69, 9.17) is 5.21 Å². The number of hydrogen-bond acceptors (Lipinski definition) is 5. The number of Topliss-reactive ketones (excluding diaryl/α,β-unsaturated/α-hetero) is 1. The van der Waals surface area contributed by atoms with E-state index in [0.717, 1.165) is 0 Å². The highest BCUT2D eigenvalue weighted by Gasteiger charge is 2.22. The van der Waals surface area contributed by atoms with Crippen LogP contribution in [-0.2, 0) is 4.79 Å². The van der Waals surface area contributed by atoms with Crippen molar-refractivity contribution in [1.29, 1.82) is 0 Å². The van der Waals surface area contributed by atoms with Crippen LogP contribution in [0.25, 0.3) is 0 Å². The van der Waals surface area contributed by atoms with Crippen molar-refractivity contribution < 1.29 is 10.0 Å². The van der Waals surface area contributed by atoms with Gasteiger partial charge in [-0.05, 0) is 35.1 Å². The normalized spacial score (nSPS) is 12.9. The Bertz CT molecular complexity index is 227. The van der Waals surface area contributed by atoms with E-state index in [9.17, 15) is 4.79 Å². The van der Waals surface area contributed by atoms with Crippen molar-refractivity contribution in [3.05, 3.63) is 0 Å². The lowest BCUT2D eigenvalue weighted by molar-refractivity contribution is -0.117. The standard InChI is InChI=1S/C10H21N3O2/c1-8(11-15)10(14)9(6-12(2)3)7-13(4)5/h9,15H,6-7H2,1-5H3/b11-8-. The van der Waals surface area contributed by atoms with Crippen molar-refractivity contribution in [3.8, 4) is 0 Å². The first-order chi connectivity index (χ1) is 6.88. The predicted molar refractivity (Wildman–Crippen MR) is 60.5 cm³/mol. The molecule has 0 aliphatic heterocycles. The summed E-state index contributed by atoms with van der Waals surface area (Å²) in [7, 11) is 7.67. The molecule has 0 aliphatic carbocycles. The molecule has 0 aliphatic rings. The van der Waals surface area contributed by atoms with Gasteiger partial charge in [0.15, 0.2) is 5.78 Å². The Kier molecular flexibility index (Phi) is 6.12. The molecule has 1 N–H and O–H groups in total. The van der Waals surface area contributed by atoms with Gasteiger partial charge in [0.05, 0.1) is 0 Å². The molecule has 0 aromatic rings. The van der Waals surface area contributed by atoms with Crippen LogP contribution in [-0.4, -0.2) is 67.8 Å². The van der Waals surface area contributed by atoms with Crippen LogP contribution in [0.1, 0.15) is 6.92 Å². The van der Waals surface area contributed by atoms with Crippen LogP contribution < -0.4 is 0 Å². The Morgan fingerprint density at radius 3 is 1.87 bits per heavy atom. The first kappa shape index (κ1) is 14.1. The van der Waals surface area contributed by atoms with Gasteiger partial charge in [-0.1, -0.05) is 5.16 Å². The highest BCUT2D eigenvalue weighted by atomic mass is 16.4. The second kappa shape index (κ2) is 6.53. The van der Waals surface area contributed by atoms with E-state index in [-0.39, 0.29) is 17.4 Å². The van der Waals surface area contributed by atoms with Gasteiger partial charge in [-0.3, -0.25) is 4.79 Å². The van der Waals surface area contributed by atoms with E-state index in [2.05, 4.69) is 5.16 Å². The summed E-state index contributed by atoms with van der Waals surface area (Å²) in [5.74, 6) is -0.245. The topological polar surface area (TPSA) is 56.1 Å². The Morgan fingerprint density at radius 1 is 1.20 bits per heavy atom. The molecule has 0 aromatic heterocycles. The van der Waals surface area contributed by atoms with Crippen LogP contribution in [0.4, 0.5) is 0 Å². The maximum absolute atomic E-state index is 11.8. The fourth-order valence-electron chi connectivity index (χ4n) is 1.45. The quantitative estimate of drug-likeness (QED) is 0.389. The highest BCUT2D eigenvalue weighted by molar-refractivity contribution is 6.39. The van der Waals surface area contributed by atoms with Crippen LogP contribution >= 0.6 is 0 Å². The third-order valence-electron chi connectivity index (χ3n) is 2.05. The summed E-state index contributed by atoms with van der Waals surface area (Å²) in [6.45, 7) is 2.84. The summed E-state index contributed by atoms with van der Waals surface area (Å²) in [4.78, 5) is 15.7. The summed E-state index contributed by atoms with van der Waals surface area (Å²) >= 11 is 0. The van der Waals surface area contributed by atoms with Gasteiger partial charge in [-0.15, -0.1) is 0 Å². The van der Waals surface area contributed by atoms with Gasteiger partial charge < -0.3 is 15.0 Å². The smallest absolute Gasteiger partial charge is 0.185 e. The van der Waals surface area contributed by atoms with Crippen LogP contribution in [0.3, 0.4) is 0 Å². The summed E-state index contributed by atoms with van der Waals surface area (Å²) < 4.78 is 0. The van der Waals surface area contributed by atoms with E-state index in [0.29, 0.717) is 13.1 Å². The Labute approximate surface area is 91.3 Å². The zero-order chi connectivity index (χ0) is 12.0. The van der Waals surface area contributed by atoms with Crippen molar-refractivity contribution in [2.45, 2.75) is 6.92 Å². The van der Waals surface area contributed by atoms with Crippen molar-refractivity contribution >= 4 is 11.5 Å². The van der Waals surface area contributed by atoms with E-state index < -0.39 is 0 Å². The zero-order valence-corrected chi connectivity index (χ0v) is 10.2. The minimum absolute atomic E-state index is 0.0973. The SMILES string of the molecule is C/C(=N/O)C(=O)C(CN(C)C)CN(C)C. The number of ketones is 1. The Hall–Kier alpha value is -0.940. The molecule has 0 rings (SSSR count). The van der Waals surface area contributed by atoms with Gasteiger partial charge in [0.1, 0.15) is 5.71 Å². The number of carbonyl (C=O) groups excluding carboxylic acids is 1. The van der Waals surface area contributed by atoms with Crippen LogP contribution in [0.5, 0.6) is 0 Å². The molecule has 0 unspecified atom stereocenters. The number of hydrogen-bond donors (Lipinski definition) is 1. The lowest BCUT2D eigenvalue weighted by Gasteiger charge is -2.22. The molecular formula is C10H21N3O2. The molecule has 0 radical (unpaired) electrons. The summed E-state index contributed by atoms with van der Waals surface area (Å²) in [5, 5.41) is 11.5. The summed E-state index contributed by atoms with van der Waals surface area (Å²) in [5.41, 5.74) is 0.170. The molecule has 0 saturated carbocycles.